The molecule has 2 N–H and O–H groups in total. The number of nitrogens with zero attached hydrogens (tertiary/aromatic N) is 4. The van der Waals surface area contributed by atoms with Crippen molar-refractivity contribution < 1.29 is 9.53 Å². The molecule has 3 heterocycles. The molecule has 1 saturated carbocycles. The summed E-state index contributed by atoms with van der Waals surface area (Å²) in [6.45, 7) is 5.35. The Morgan fingerprint density at radius 2 is 1.97 bits per heavy atom. The SMILES string of the molecule is CCCc1cccc2cc(-c3nc4cc(C(=O)N5CCC[C@@H](CN)C5)cc(OC)c4n3C)n(CC3CC3)c12. The Morgan fingerprint density at radius 3 is 2.71 bits per heavy atom. The fraction of sp³-hybridized carbons (Fsp3) is 0.484. The fourth-order valence-electron chi connectivity index (χ4n) is 6.25. The second-order valence-electron chi connectivity index (χ2n) is 11.2. The van der Waals surface area contributed by atoms with E-state index in [1.54, 1.807) is 7.11 Å². The summed E-state index contributed by atoms with van der Waals surface area (Å²) in [6.07, 6.45) is 6.84. The molecule has 2 aliphatic rings. The Balaban J connectivity index is 1.47. The Labute approximate surface area is 224 Å². The third-order valence-electron chi connectivity index (χ3n) is 8.43. The number of carbonyl (C=O) groups excluding carboxylic acids is 1. The van der Waals surface area contributed by atoms with Crippen LogP contribution < -0.4 is 10.5 Å². The number of benzene rings is 2. The van der Waals surface area contributed by atoms with E-state index < -0.39 is 0 Å². The summed E-state index contributed by atoms with van der Waals surface area (Å²) in [7, 11) is 3.72. The molecule has 1 saturated heterocycles. The average molecular weight is 514 g/mol. The highest BCUT2D eigenvalue weighted by Crippen LogP contribution is 2.39. The highest BCUT2D eigenvalue weighted by atomic mass is 16.5. The van der Waals surface area contributed by atoms with Gasteiger partial charge in [0.1, 0.15) is 11.3 Å². The standard InChI is InChI=1S/C31H39N5O2/c1-4-7-22-9-5-10-23-15-26(36(28(22)23)19-20-11-12-20)30-33-25-14-24(16-27(38-3)29(25)34(30)2)31(37)35-13-6-8-21(17-32)18-35/h5,9-10,14-16,20-21H,4,6-8,11-13,17-19,32H2,1-3H3/t21-/m0/s1. The number of aromatic nitrogens is 3. The molecule has 0 radical (unpaired) electrons. The summed E-state index contributed by atoms with van der Waals surface area (Å²) in [6, 6.07) is 12.8. The van der Waals surface area contributed by atoms with Gasteiger partial charge in [-0.05, 0) is 74.2 Å². The molecule has 6 rings (SSSR count). The molecule has 0 bridgehead atoms. The van der Waals surface area contributed by atoms with E-state index in [4.69, 9.17) is 15.5 Å². The lowest BCUT2D eigenvalue weighted by atomic mass is 9.97. The average Bonchev–Trinajstić information content (AvgIpc) is 3.60. The third kappa shape index (κ3) is 4.37. The van der Waals surface area contributed by atoms with Crippen molar-refractivity contribution in [2.24, 2.45) is 24.6 Å². The van der Waals surface area contributed by atoms with Crippen LogP contribution in [0, 0.1) is 11.8 Å². The lowest BCUT2D eigenvalue weighted by molar-refractivity contribution is 0.0678. The smallest absolute Gasteiger partial charge is 0.254 e. The molecule has 1 aliphatic carbocycles. The molecular weight excluding hydrogens is 474 g/mol. The van der Waals surface area contributed by atoms with E-state index in [-0.39, 0.29) is 5.91 Å². The van der Waals surface area contributed by atoms with Crippen molar-refractivity contribution in [3.63, 3.8) is 0 Å². The van der Waals surface area contributed by atoms with Gasteiger partial charge in [0.05, 0.1) is 23.8 Å². The minimum Gasteiger partial charge on any atom is -0.494 e. The largest absolute Gasteiger partial charge is 0.494 e. The normalized spacial score (nSPS) is 18.0. The van der Waals surface area contributed by atoms with Crippen LogP contribution >= 0.6 is 0 Å². The van der Waals surface area contributed by atoms with Crippen LogP contribution in [0.5, 0.6) is 5.75 Å². The lowest BCUT2D eigenvalue weighted by Gasteiger charge is -2.32. The zero-order valence-electron chi connectivity index (χ0n) is 22.9. The molecule has 2 aromatic heterocycles. The van der Waals surface area contributed by atoms with E-state index in [1.807, 2.05) is 17.0 Å². The second kappa shape index (κ2) is 10.1. The van der Waals surface area contributed by atoms with Gasteiger partial charge in [0.2, 0.25) is 0 Å². The van der Waals surface area contributed by atoms with Gasteiger partial charge in [0.25, 0.3) is 5.91 Å². The zero-order chi connectivity index (χ0) is 26.4. The van der Waals surface area contributed by atoms with Gasteiger partial charge in [-0.1, -0.05) is 31.5 Å². The molecule has 1 aliphatic heterocycles. The van der Waals surface area contributed by atoms with Gasteiger partial charge >= 0.3 is 0 Å². The molecule has 7 nitrogen and oxygen atoms in total. The van der Waals surface area contributed by atoms with Crippen LogP contribution in [-0.2, 0) is 20.0 Å². The number of aryl methyl sites for hydroxylation is 2. The first-order chi connectivity index (χ1) is 18.5. The molecule has 200 valence electrons. The second-order valence-corrected chi connectivity index (χ2v) is 11.2. The van der Waals surface area contributed by atoms with Crippen LogP contribution in [0.3, 0.4) is 0 Å². The molecular formula is C31H39N5O2. The molecule has 0 spiro atoms. The maximum absolute atomic E-state index is 13.5. The van der Waals surface area contributed by atoms with Crippen LogP contribution in [0.25, 0.3) is 33.5 Å². The van der Waals surface area contributed by atoms with Gasteiger partial charge < -0.3 is 24.5 Å². The molecule has 1 atom stereocenters. The Morgan fingerprint density at radius 1 is 1.13 bits per heavy atom. The Kier molecular flexibility index (Phi) is 6.64. The van der Waals surface area contributed by atoms with Crippen molar-refractivity contribution in [3.05, 3.63) is 47.5 Å². The minimum absolute atomic E-state index is 0.0302. The van der Waals surface area contributed by atoms with E-state index in [0.29, 0.717) is 30.3 Å². The summed E-state index contributed by atoms with van der Waals surface area (Å²) in [4.78, 5) is 20.6. The molecule has 2 aromatic carbocycles. The minimum atomic E-state index is 0.0302. The first-order valence-electron chi connectivity index (χ1n) is 14.2. The van der Waals surface area contributed by atoms with E-state index in [2.05, 4.69) is 47.4 Å². The summed E-state index contributed by atoms with van der Waals surface area (Å²) < 4.78 is 10.5. The van der Waals surface area contributed by atoms with E-state index >= 15 is 0 Å². The van der Waals surface area contributed by atoms with Crippen molar-refractivity contribution in [1.82, 2.24) is 19.0 Å². The molecule has 2 fully saturated rings. The molecule has 4 aromatic rings. The third-order valence-corrected chi connectivity index (χ3v) is 8.43. The van der Waals surface area contributed by atoms with Crippen LogP contribution in [0.1, 0.15) is 54.9 Å². The summed E-state index contributed by atoms with van der Waals surface area (Å²) in [5.41, 5.74) is 12.1. The predicted molar refractivity (Wildman–Crippen MR) is 153 cm³/mol. The van der Waals surface area contributed by atoms with Crippen molar-refractivity contribution in [1.29, 1.82) is 0 Å². The number of rotatable bonds is 8. The monoisotopic (exact) mass is 513 g/mol. The lowest BCUT2D eigenvalue weighted by Crippen LogP contribution is -2.42. The summed E-state index contributed by atoms with van der Waals surface area (Å²) in [5.74, 6) is 2.71. The maximum Gasteiger partial charge on any atom is 0.254 e. The zero-order valence-corrected chi connectivity index (χ0v) is 22.9. The van der Waals surface area contributed by atoms with Crippen LogP contribution in [0.15, 0.2) is 36.4 Å². The molecule has 38 heavy (non-hydrogen) atoms. The topological polar surface area (TPSA) is 78.3 Å². The number of fused-ring (bicyclic) bond motifs is 2. The molecule has 1 amide bonds. The Bertz CT molecular complexity index is 1500. The van der Waals surface area contributed by atoms with E-state index in [1.165, 1.54) is 29.3 Å². The number of ether oxygens (including phenoxy) is 1. The van der Waals surface area contributed by atoms with Gasteiger partial charge in [-0.15, -0.1) is 0 Å². The first-order valence-corrected chi connectivity index (χ1v) is 14.2. The fourth-order valence-corrected chi connectivity index (χ4v) is 6.25. The maximum atomic E-state index is 13.5. The van der Waals surface area contributed by atoms with Crippen molar-refractivity contribution in [2.75, 3.05) is 26.7 Å². The number of carbonyl (C=O) groups is 1. The highest BCUT2D eigenvalue weighted by molar-refractivity contribution is 6.00. The number of nitrogens with two attached hydrogens (primary N) is 1. The quantitative estimate of drug-likeness (QED) is 0.343. The number of amides is 1. The molecule has 0 unspecified atom stereocenters. The van der Waals surface area contributed by atoms with Gasteiger partial charge in [-0.2, -0.15) is 0 Å². The predicted octanol–water partition coefficient (Wildman–Crippen LogP) is 5.38. The van der Waals surface area contributed by atoms with Crippen molar-refractivity contribution in [2.45, 2.75) is 52.0 Å². The number of para-hydroxylation sites is 1. The van der Waals surface area contributed by atoms with Gasteiger partial charge in [-0.25, -0.2) is 4.98 Å². The van der Waals surface area contributed by atoms with Gasteiger partial charge in [0.15, 0.2) is 5.82 Å². The number of methoxy groups -OCH3 is 1. The van der Waals surface area contributed by atoms with Crippen LogP contribution in [0.2, 0.25) is 0 Å². The number of likely N-dealkylation sites (tertiary alicyclic amines) is 1. The van der Waals surface area contributed by atoms with E-state index in [9.17, 15) is 4.79 Å². The number of hydrogen-bond donors (Lipinski definition) is 1. The van der Waals surface area contributed by atoms with Crippen molar-refractivity contribution >= 4 is 27.8 Å². The van der Waals surface area contributed by atoms with Gasteiger partial charge in [0, 0.05) is 37.6 Å². The first kappa shape index (κ1) is 25.0. The van der Waals surface area contributed by atoms with Gasteiger partial charge in [-0.3, -0.25) is 4.79 Å². The van der Waals surface area contributed by atoms with Crippen LogP contribution in [0.4, 0.5) is 0 Å². The van der Waals surface area contributed by atoms with E-state index in [0.717, 1.165) is 67.2 Å². The summed E-state index contributed by atoms with van der Waals surface area (Å²) in [5, 5.41) is 1.26. The molecule has 7 heteroatoms. The summed E-state index contributed by atoms with van der Waals surface area (Å²) >= 11 is 0. The number of imidazole rings is 1. The number of piperidine rings is 1. The number of hydrogen-bond acceptors (Lipinski definition) is 4. The highest BCUT2D eigenvalue weighted by Gasteiger charge is 2.28. The van der Waals surface area contributed by atoms with Crippen molar-refractivity contribution in [3.8, 4) is 17.3 Å². The van der Waals surface area contributed by atoms with Crippen LogP contribution in [-0.4, -0.2) is 51.7 Å². The Hall–Kier alpha value is -3.32.